The molecule has 4 nitrogen and oxygen atoms in total. The molecule has 0 unspecified atom stereocenters. The van der Waals surface area contributed by atoms with Crippen LogP contribution >= 0.6 is 0 Å². The van der Waals surface area contributed by atoms with E-state index in [4.69, 9.17) is 5.26 Å². The molecule has 0 heterocycles. The number of nitriles is 1. The Hall–Kier alpha value is -2.02. The number of hydrogen-bond acceptors (Lipinski definition) is 3. The Bertz CT molecular complexity index is 394. The Morgan fingerprint density at radius 1 is 1.57 bits per heavy atom. The van der Waals surface area contributed by atoms with Crippen LogP contribution in [0.15, 0.2) is 18.2 Å². The second kappa shape index (κ2) is 4.28. The van der Waals surface area contributed by atoms with Crippen LogP contribution in [0.25, 0.3) is 0 Å². The topological polar surface area (TPSA) is 62.1 Å². The molecule has 0 bridgehead atoms. The average Bonchev–Trinajstić information content (AvgIpc) is 2.20. The van der Waals surface area contributed by atoms with E-state index in [0.717, 1.165) is 5.56 Å². The molecule has 0 fully saturated rings. The predicted molar refractivity (Wildman–Crippen MR) is 51.9 cm³/mol. The van der Waals surface area contributed by atoms with Gasteiger partial charge in [0.25, 0.3) is 0 Å². The smallest absolute Gasteiger partial charge is 0.411 e. The predicted octanol–water partition coefficient (Wildman–Crippen LogP) is 2.04. The van der Waals surface area contributed by atoms with Crippen LogP contribution in [0.5, 0.6) is 0 Å². The van der Waals surface area contributed by atoms with Crippen LogP contribution in [0.1, 0.15) is 11.1 Å². The minimum absolute atomic E-state index is 0.426. The second-order valence-electron chi connectivity index (χ2n) is 2.73. The van der Waals surface area contributed by atoms with Gasteiger partial charge in [-0.15, -0.1) is 0 Å². The normalized spacial score (nSPS) is 8.93. The number of anilines is 1. The zero-order chi connectivity index (χ0) is 10.6. The molecule has 72 valence electrons. The highest BCUT2D eigenvalue weighted by molar-refractivity contribution is 5.87. The molecule has 14 heavy (non-hydrogen) atoms. The van der Waals surface area contributed by atoms with E-state index >= 15 is 0 Å². The van der Waals surface area contributed by atoms with Gasteiger partial charge >= 0.3 is 6.09 Å². The third-order valence-corrected chi connectivity index (χ3v) is 1.81. The lowest BCUT2D eigenvalue weighted by atomic mass is 10.1. The quantitative estimate of drug-likeness (QED) is 0.737. The van der Waals surface area contributed by atoms with Crippen molar-refractivity contribution in [1.29, 1.82) is 5.26 Å². The van der Waals surface area contributed by atoms with E-state index in [9.17, 15) is 4.79 Å². The van der Waals surface area contributed by atoms with E-state index < -0.39 is 6.09 Å². The summed E-state index contributed by atoms with van der Waals surface area (Å²) in [5.41, 5.74) is 1.76. The monoisotopic (exact) mass is 190 g/mol. The molecule has 0 aliphatic carbocycles. The molecule has 1 N–H and O–H groups in total. The van der Waals surface area contributed by atoms with Crippen molar-refractivity contribution in [2.75, 3.05) is 12.4 Å². The number of benzene rings is 1. The van der Waals surface area contributed by atoms with Crippen molar-refractivity contribution in [2.45, 2.75) is 6.92 Å². The summed E-state index contributed by atoms with van der Waals surface area (Å²) in [6.07, 6.45) is -0.573. The molecule has 0 saturated heterocycles. The SMILES string of the molecule is COC(=O)Nc1c(C)cccc1C#N. The molecule has 0 saturated carbocycles. The van der Waals surface area contributed by atoms with E-state index in [1.165, 1.54) is 7.11 Å². The molecule has 0 atom stereocenters. The Morgan fingerprint density at radius 2 is 2.29 bits per heavy atom. The summed E-state index contributed by atoms with van der Waals surface area (Å²) in [5, 5.41) is 11.3. The maximum Gasteiger partial charge on any atom is 0.411 e. The first-order valence-corrected chi connectivity index (χ1v) is 4.03. The summed E-state index contributed by atoms with van der Waals surface area (Å²) in [4.78, 5) is 11.0. The summed E-state index contributed by atoms with van der Waals surface area (Å²) in [6.45, 7) is 1.81. The van der Waals surface area contributed by atoms with Gasteiger partial charge in [-0.1, -0.05) is 12.1 Å². The Kier molecular flexibility index (Phi) is 3.08. The summed E-state index contributed by atoms with van der Waals surface area (Å²) in [5.74, 6) is 0. The van der Waals surface area contributed by atoms with Crippen LogP contribution in [0.2, 0.25) is 0 Å². The molecule has 1 rings (SSSR count). The summed E-state index contributed by atoms with van der Waals surface area (Å²) in [6, 6.07) is 7.20. The van der Waals surface area contributed by atoms with Crippen molar-refractivity contribution in [3.05, 3.63) is 29.3 Å². The lowest BCUT2D eigenvalue weighted by Gasteiger charge is -2.08. The molecular formula is C10H10N2O2. The van der Waals surface area contributed by atoms with Crippen LogP contribution in [0.4, 0.5) is 10.5 Å². The number of hydrogen-bond donors (Lipinski definition) is 1. The Labute approximate surface area is 82.1 Å². The van der Waals surface area contributed by atoms with Gasteiger partial charge in [-0.2, -0.15) is 5.26 Å². The molecular weight excluding hydrogens is 180 g/mol. The highest BCUT2D eigenvalue weighted by Gasteiger charge is 2.08. The lowest BCUT2D eigenvalue weighted by molar-refractivity contribution is 0.187. The molecule has 1 aromatic carbocycles. The minimum atomic E-state index is -0.573. The lowest BCUT2D eigenvalue weighted by Crippen LogP contribution is -2.13. The van der Waals surface area contributed by atoms with Crippen LogP contribution < -0.4 is 5.32 Å². The number of amides is 1. The summed E-state index contributed by atoms with van der Waals surface area (Å²) < 4.78 is 4.45. The molecule has 4 heteroatoms. The Balaban J connectivity index is 3.06. The molecule has 0 spiro atoms. The van der Waals surface area contributed by atoms with E-state index in [-0.39, 0.29) is 0 Å². The van der Waals surface area contributed by atoms with E-state index in [1.807, 2.05) is 19.1 Å². The highest BCUT2D eigenvalue weighted by Crippen LogP contribution is 2.19. The fraction of sp³-hybridized carbons (Fsp3) is 0.200. The van der Waals surface area contributed by atoms with E-state index in [1.54, 1.807) is 12.1 Å². The number of nitrogens with zero attached hydrogens (tertiary/aromatic N) is 1. The zero-order valence-corrected chi connectivity index (χ0v) is 8.00. The second-order valence-corrected chi connectivity index (χ2v) is 2.73. The highest BCUT2D eigenvalue weighted by atomic mass is 16.5. The summed E-state index contributed by atoms with van der Waals surface area (Å²) in [7, 11) is 1.28. The van der Waals surface area contributed by atoms with E-state index in [2.05, 4.69) is 10.1 Å². The van der Waals surface area contributed by atoms with Gasteiger partial charge in [-0.25, -0.2) is 4.79 Å². The van der Waals surface area contributed by atoms with Crippen molar-refractivity contribution in [2.24, 2.45) is 0 Å². The standard InChI is InChI=1S/C10H10N2O2/c1-7-4-3-5-8(6-11)9(7)12-10(13)14-2/h3-5H,1-2H3,(H,12,13). The molecule has 0 aliphatic heterocycles. The fourth-order valence-corrected chi connectivity index (χ4v) is 1.08. The third kappa shape index (κ3) is 2.02. The van der Waals surface area contributed by atoms with Crippen molar-refractivity contribution < 1.29 is 9.53 Å². The van der Waals surface area contributed by atoms with Gasteiger partial charge in [0.2, 0.25) is 0 Å². The van der Waals surface area contributed by atoms with Gasteiger partial charge in [0.15, 0.2) is 0 Å². The number of rotatable bonds is 1. The largest absolute Gasteiger partial charge is 0.453 e. The average molecular weight is 190 g/mol. The first kappa shape index (κ1) is 10.1. The fourth-order valence-electron chi connectivity index (χ4n) is 1.08. The van der Waals surface area contributed by atoms with Gasteiger partial charge in [-0.05, 0) is 18.6 Å². The maximum absolute atomic E-state index is 11.0. The first-order chi connectivity index (χ1) is 6.69. The molecule has 0 radical (unpaired) electrons. The third-order valence-electron chi connectivity index (χ3n) is 1.81. The maximum atomic E-state index is 11.0. The minimum Gasteiger partial charge on any atom is -0.453 e. The van der Waals surface area contributed by atoms with Crippen LogP contribution in [0, 0.1) is 18.3 Å². The number of para-hydroxylation sites is 1. The molecule has 1 aromatic rings. The number of carbonyl (C=O) groups excluding carboxylic acids is 1. The number of ether oxygens (including phenoxy) is 1. The van der Waals surface area contributed by atoms with Crippen LogP contribution in [-0.4, -0.2) is 13.2 Å². The zero-order valence-electron chi connectivity index (χ0n) is 8.00. The van der Waals surface area contributed by atoms with Crippen LogP contribution in [-0.2, 0) is 4.74 Å². The molecule has 0 aliphatic rings. The van der Waals surface area contributed by atoms with Crippen molar-refractivity contribution in [1.82, 2.24) is 0 Å². The van der Waals surface area contributed by atoms with Crippen molar-refractivity contribution >= 4 is 11.8 Å². The van der Waals surface area contributed by atoms with Gasteiger partial charge in [0.05, 0.1) is 18.4 Å². The summed E-state index contributed by atoms with van der Waals surface area (Å²) >= 11 is 0. The number of aryl methyl sites for hydroxylation is 1. The van der Waals surface area contributed by atoms with Crippen molar-refractivity contribution in [3.8, 4) is 6.07 Å². The van der Waals surface area contributed by atoms with Crippen molar-refractivity contribution in [3.63, 3.8) is 0 Å². The van der Waals surface area contributed by atoms with E-state index in [0.29, 0.717) is 11.3 Å². The van der Waals surface area contributed by atoms with Gasteiger partial charge in [-0.3, -0.25) is 5.32 Å². The number of carbonyl (C=O) groups is 1. The molecule has 0 aromatic heterocycles. The number of methoxy groups -OCH3 is 1. The Morgan fingerprint density at radius 3 is 2.86 bits per heavy atom. The first-order valence-electron chi connectivity index (χ1n) is 4.03. The molecule has 1 amide bonds. The van der Waals surface area contributed by atoms with Gasteiger partial charge in [0, 0.05) is 0 Å². The van der Waals surface area contributed by atoms with Crippen LogP contribution in [0.3, 0.4) is 0 Å². The van der Waals surface area contributed by atoms with Gasteiger partial charge < -0.3 is 4.74 Å². The number of nitrogens with one attached hydrogen (secondary N) is 1. The van der Waals surface area contributed by atoms with Gasteiger partial charge in [0.1, 0.15) is 6.07 Å².